The third-order valence-electron chi connectivity index (χ3n) is 4.59. The highest BCUT2D eigenvalue weighted by atomic mass is 32.2. The van der Waals surface area contributed by atoms with Crippen LogP contribution in [-0.4, -0.2) is 38.2 Å². The van der Waals surface area contributed by atoms with Gasteiger partial charge in [-0.05, 0) is 54.8 Å². The number of sulfonamides is 1. The molecule has 1 aliphatic heterocycles. The van der Waals surface area contributed by atoms with Gasteiger partial charge in [-0.15, -0.1) is 0 Å². The molecule has 0 unspecified atom stereocenters. The molecule has 0 bridgehead atoms. The number of rotatable bonds is 7. The lowest BCUT2D eigenvalue weighted by Crippen LogP contribution is -2.44. The summed E-state index contributed by atoms with van der Waals surface area (Å²) in [7, 11) is -3.67. The van der Waals surface area contributed by atoms with Crippen molar-refractivity contribution in [2.75, 3.05) is 13.1 Å². The number of alkyl halides is 2. The third kappa shape index (κ3) is 5.97. The summed E-state index contributed by atoms with van der Waals surface area (Å²) < 4.78 is 65.2. The van der Waals surface area contributed by atoms with E-state index < -0.39 is 21.6 Å². The van der Waals surface area contributed by atoms with Crippen LogP contribution in [0.3, 0.4) is 0 Å². The van der Waals surface area contributed by atoms with E-state index in [1.165, 1.54) is 12.1 Å². The van der Waals surface area contributed by atoms with Gasteiger partial charge in [0.15, 0.2) is 0 Å². The SMILES string of the molecule is O=S(=O)(NC1CCN(Cc2ccc(SC(F)F)cc2)CC1)c1ccc(F)cc1. The summed E-state index contributed by atoms with van der Waals surface area (Å²) in [6.07, 6.45) is 1.33. The Morgan fingerprint density at radius 2 is 1.64 bits per heavy atom. The Labute approximate surface area is 167 Å². The topological polar surface area (TPSA) is 49.4 Å². The molecule has 1 fully saturated rings. The summed E-state index contributed by atoms with van der Waals surface area (Å²) >= 11 is 0.525. The van der Waals surface area contributed by atoms with Crippen molar-refractivity contribution < 1.29 is 21.6 Å². The molecule has 0 radical (unpaired) electrons. The van der Waals surface area contributed by atoms with Crippen LogP contribution in [0.4, 0.5) is 13.2 Å². The first-order chi connectivity index (χ1) is 13.3. The maximum Gasteiger partial charge on any atom is 0.288 e. The van der Waals surface area contributed by atoms with Crippen molar-refractivity contribution in [2.45, 2.75) is 41.0 Å². The van der Waals surface area contributed by atoms with Crippen LogP contribution < -0.4 is 4.72 Å². The van der Waals surface area contributed by atoms with Crippen molar-refractivity contribution in [2.24, 2.45) is 0 Å². The minimum absolute atomic E-state index is 0.0538. The molecule has 9 heteroatoms. The number of nitrogens with zero attached hydrogens (tertiary/aromatic N) is 1. The van der Waals surface area contributed by atoms with Crippen molar-refractivity contribution in [3.8, 4) is 0 Å². The Morgan fingerprint density at radius 1 is 1.04 bits per heavy atom. The highest BCUT2D eigenvalue weighted by Crippen LogP contribution is 2.25. The van der Waals surface area contributed by atoms with E-state index in [-0.39, 0.29) is 10.9 Å². The molecule has 4 nitrogen and oxygen atoms in total. The van der Waals surface area contributed by atoms with Crippen molar-refractivity contribution in [3.05, 3.63) is 59.9 Å². The van der Waals surface area contributed by atoms with Gasteiger partial charge in [-0.25, -0.2) is 17.5 Å². The van der Waals surface area contributed by atoms with Crippen molar-refractivity contribution in [3.63, 3.8) is 0 Å². The monoisotopic (exact) mass is 430 g/mol. The maximum atomic E-state index is 13.0. The van der Waals surface area contributed by atoms with Gasteiger partial charge in [0, 0.05) is 30.6 Å². The van der Waals surface area contributed by atoms with Crippen LogP contribution in [0.2, 0.25) is 0 Å². The number of hydrogen-bond acceptors (Lipinski definition) is 4. The van der Waals surface area contributed by atoms with Crippen LogP contribution in [0.25, 0.3) is 0 Å². The summed E-state index contributed by atoms with van der Waals surface area (Å²) in [6.45, 7) is 2.14. The van der Waals surface area contributed by atoms with Crippen molar-refractivity contribution >= 4 is 21.8 Å². The largest absolute Gasteiger partial charge is 0.299 e. The molecular formula is C19H21F3N2O2S2. The number of halogens is 3. The molecule has 1 N–H and O–H groups in total. The van der Waals surface area contributed by atoms with E-state index in [9.17, 15) is 21.6 Å². The van der Waals surface area contributed by atoms with Gasteiger partial charge < -0.3 is 0 Å². The first-order valence-corrected chi connectivity index (χ1v) is 11.2. The molecule has 0 saturated carbocycles. The Balaban J connectivity index is 1.49. The quantitative estimate of drug-likeness (QED) is 0.673. The van der Waals surface area contributed by atoms with Gasteiger partial charge in [-0.3, -0.25) is 4.90 Å². The molecule has 0 spiro atoms. The Bertz CT molecular complexity index is 867. The molecule has 2 aromatic rings. The van der Waals surface area contributed by atoms with E-state index in [0.29, 0.717) is 36.0 Å². The van der Waals surface area contributed by atoms with Crippen molar-refractivity contribution in [1.29, 1.82) is 0 Å². The van der Waals surface area contributed by atoms with Gasteiger partial charge in [0.1, 0.15) is 5.82 Å². The number of likely N-dealkylation sites (tertiary alicyclic amines) is 1. The number of thioether (sulfide) groups is 1. The zero-order chi connectivity index (χ0) is 20.1. The van der Waals surface area contributed by atoms with Crippen LogP contribution >= 0.6 is 11.8 Å². The Kier molecular flexibility index (Phi) is 7.03. The summed E-state index contributed by atoms with van der Waals surface area (Å²) in [5, 5.41) is 0. The number of benzene rings is 2. The van der Waals surface area contributed by atoms with E-state index in [0.717, 1.165) is 30.8 Å². The molecule has 28 heavy (non-hydrogen) atoms. The molecule has 1 aliphatic rings. The van der Waals surface area contributed by atoms with Gasteiger partial charge in [-0.1, -0.05) is 23.9 Å². The minimum atomic E-state index is -3.67. The standard InChI is InChI=1S/C19H21F3N2O2S2/c20-15-3-7-18(8-4-15)28(25,26)23-16-9-11-24(12-10-16)13-14-1-5-17(6-2-14)27-19(21)22/h1-8,16,19,23H,9-13H2. The molecule has 0 amide bonds. The minimum Gasteiger partial charge on any atom is -0.299 e. The number of piperidine rings is 1. The molecule has 0 aromatic heterocycles. The molecule has 1 heterocycles. The van der Waals surface area contributed by atoms with Gasteiger partial charge in [0.2, 0.25) is 10.0 Å². The molecule has 1 saturated heterocycles. The van der Waals surface area contributed by atoms with E-state index in [4.69, 9.17) is 0 Å². The van der Waals surface area contributed by atoms with E-state index in [2.05, 4.69) is 9.62 Å². The smallest absolute Gasteiger partial charge is 0.288 e. The van der Waals surface area contributed by atoms with Crippen LogP contribution in [0.5, 0.6) is 0 Å². The van der Waals surface area contributed by atoms with Gasteiger partial charge >= 0.3 is 0 Å². The fourth-order valence-electron chi connectivity index (χ4n) is 3.14. The Morgan fingerprint density at radius 3 is 2.21 bits per heavy atom. The zero-order valence-electron chi connectivity index (χ0n) is 15.0. The van der Waals surface area contributed by atoms with Crippen LogP contribution in [0.15, 0.2) is 58.3 Å². The summed E-state index contributed by atoms with van der Waals surface area (Å²) in [5.41, 5.74) is 1.03. The maximum absolute atomic E-state index is 13.0. The molecule has 152 valence electrons. The highest BCUT2D eigenvalue weighted by molar-refractivity contribution is 7.99. The normalized spacial score (nSPS) is 16.6. The van der Waals surface area contributed by atoms with Gasteiger partial charge in [0.05, 0.1) is 4.90 Å². The first kappa shape index (κ1) is 21.2. The molecule has 0 atom stereocenters. The third-order valence-corrected chi connectivity index (χ3v) is 6.85. The van der Waals surface area contributed by atoms with E-state index in [1.54, 1.807) is 12.1 Å². The summed E-state index contributed by atoms with van der Waals surface area (Å²) in [4.78, 5) is 2.79. The number of hydrogen-bond donors (Lipinski definition) is 1. The predicted octanol–water partition coefficient (Wildman–Crippen LogP) is 4.08. The lowest BCUT2D eigenvalue weighted by molar-refractivity contribution is 0.200. The fourth-order valence-corrected chi connectivity index (χ4v) is 4.95. The lowest BCUT2D eigenvalue weighted by Gasteiger charge is -2.32. The first-order valence-electron chi connectivity index (χ1n) is 8.86. The second kappa shape index (κ2) is 9.30. The van der Waals surface area contributed by atoms with Crippen LogP contribution in [0.1, 0.15) is 18.4 Å². The van der Waals surface area contributed by atoms with Gasteiger partial charge in [0.25, 0.3) is 5.76 Å². The van der Waals surface area contributed by atoms with E-state index in [1.807, 2.05) is 12.1 Å². The summed E-state index contributed by atoms with van der Waals surface area (Å²) in [5.74, 6) is -2.91. The predicted molar refractivity (Wildman–Crippen MR) is 103 cm³/mol. The van der Waals surface area contributed by atoms with Crippen LogP contribution in [0, 0.1) is 5.82 Å². The summed E-state index contributed by atoms with van der Waals surface area (Å²) in [6, 6.07) is 11.7. The second-order valence-electron chi connectivity index (χ2n) is 6.65. The van der Waals surface area contributed by atoms with Crippen LogP contribution in [-0.2, 0) is 16.6 Å². The molecular weight excluding hydrogens is 409 g/mol. The molecule has 2 aromatic carbocycles. The van der Waals surface area contributed by atoms with Crippen molar-refractivity contribution in [1.82, 2.24) is 9.62 Å². The van der Waals surface area contributed by atoms with Gasteiger partial charge in [-0.2, -0.15) is 8.78 Å². The average Bonchev–Trinajstić information content (AvgIpc) is 2.65. The second-order valence-corrected chi connectivity index (χ2v) is 9.43. The average molecular weight is 431 g/mol. The molecule has 0 aliphatic carbocycles. The van der Waals surface area contributed by atoms with E-state index >= 15 is 0 Å². The number of nitrogens with one attached hydrogen (secondary N) is 1. The Hall–Kier alpha value is -1.55. The molecule has 3 rings (SSSR count). The lowest BCUT2D eigenvalue weighted by atomic mass is 10.1. The fraction of sp³-hybridized carbons (Fsp3) is 0.368. The zero-order valence-corrected chi connectivity index (χ0v) is 16.7. The highest BCUT2D eigenvalue weighted by Gasteiger charge is 2.24.